The molecule has 1 saturated carbocycles. The average molecular weight is 433 g/mol. The molecule has 0 radical (unpaired) electrons. The summed E-state index contributed by atoms with van der Waals surface area (Å²) in [6.45, 7) is 5.88. The van der Waals surface area contributed by atoms with E-state index in [1.807, 2.05) is 17.9 Å². The van der Waals surface area contributed by atoms with Crippen molar-refractivity contribution in [3.05, 3.63) is 29.3 Å². The molecule has 1 saturated heterocycles. The fourth-order valence-corrected chi connectivity index (χ4v) is 4.19. The highest BCUT2D eigenvalue weighted by atomic mass is 16.5. The number of ether oxygens (including phenoxy) is 3. The van der Waals surface area contributed by atoms with E-state index in [0.717, 1.165) is 61.8 Å². The predicted octanol–water partition coefficient (Wildman–Crippen LogP) is 4.00. The van der Waals surface area contributed by atoms with Crippen LogP contribution in [0.5, 0.6) is 5.75 Å². The first-order valence-electron chi connectivity index (χ1n) is 11.6. The van der Waals surface area contributed by atoms with E-state index in [1.54, 1.807) is 0 Å². The van der Waals surface area contributed by atoms with Crippen LogP contribution in [-0.4, -0.2) is 55.9 Å². The summed E-state index contributed by atoms with van der Waals surface area (Å²) >= 11 is 0. The van der Waals surface area contributed by atoms with E-state index < -0.39 is 6.09 Å². The third kappa shape index (κ3) is 6.35. The molecular formula is C24H36N2O5. The van der Waals surface area contributed by atoms with Crippen molar-refractivity contribution in [3.8, 4) is 5.75 Å². The van der Waals surface area contributed by atoms with Gasteiger partial charge < -0.3 is 24.4 Å². The molecule has 7 nitrogen and oxygen atoms in total. The SMILES string of the molecule is CCOc1ccc([C@@H](C)N(C(=O)[C@H]2CCCCO2)C2CC2)cc1CCCNC(=O)OC. The van der Waals surface area contributed by atoms with Gasteiger partial charge in [0, 0.05) is 19.2 Å². The lowest BCUT2D eigenvalue weighted by Gasteiger charge is -2.34. The fourth-order valence-electron chi connectivity index (χ4n) is 4.19. The van der Waals surface area contributed by atoms with Crippen molar-refractivity contribution in [2.45, 2.75) is 77.0 Å². The summed E-state index contributed by atoms with van der Waals surface area (Å²) in [4.78, 5) is 26.6. The topological polar surface area (TPSA) is 77.1 Å². The second-order valence-electron chi connectivity index (χ2n) is 8.33. The Morgan fingerprint density at radius 2 is 2.06 bits per heavy atom. The number of nitrogens with one attached hydrogen (secondary N) is 1. The number of alkyl carbamates (subject to hydrolysis) is 1. The summed E-state index contributed by atoms with van der Waals surface area (Å²) in [5.41, 5.74) is 2.20. The Balaban J connectivity index is 1.72. The standard InChI is InChI=1S/C24H36N2O5/c1-4-30-21-13-10-18(16-19(21)8-7-14-25-24(28)29-3)17(2)26(20-11-12-20)23(27)22-9-5-6-15-31-22/h10,13,16-17,20,22H,4-9,11-12,14-15H2,1-3H3,(H,25,28)/t17-,22-/m1/s1. The molecule has 1 N–H and O–H groups in total. The number of rotatable bonds is 10. The molecular weight excluding hydrogens is 396 g/mol. The zero-order valence-electron chi connectivity index (χ0n) is 19.0. The lowest BCUT2D eigenvalue weighted by molar-refractivity contribution is -0.149. The molecule has 0 bridgehead atoms. The van der Waals surface area contributed by atoms with Crippen LogP contribution >= 0.6 is 0 Å². The Labute approximate surface area is 185 Å². The highest BCUT2D eigenvalue weighted by molar-refractivity contribution is 5.82. The Morgan fingerprint density at radius 1 is 1.26 bits per heavy atom. The van der Waals surface area contributed by atoms with Gasteiger partial charge in [-0.3, -0.25) is 4.79 Å². The van der Waals surface area contributed by atoms with Crippen LogP contribution in [0, 0.1) is 0 Å². The van der Waals surface area contributed by atoms with Gasteiger partial charge in [0.1, 0.15) is 11.9 Å². The first kappa shape index (κ1) is 23.4. The van der Waals surface area contributed by atoms with Gasteiger partial charge in [0.05, 0.1) is 19.8 Å². The quantitative estimate of drug-likeness (QED) is 0.566. The second kappa shape index (κ2) is 11.4. The maximum absolute atomic E-state index is 13.3. The third-order valence-corrected chi connectivity index (χ3v) is 6.01. The van der Waals surface area contributed by atoms with E-state index in [9.17, 15) is 9.59 Å². The van der Waals surface area contributed by atoms with Crippen molar-refractivity contribution < 1.29 is 23.8 Å². The predicted molar refractivity (Wildman–Crippen MR) is 118 cm³/mol. The summed E-state index contributed by atoms with van der Waals surface area (Å²) in [5.74, 6) is 0.990. The molecule has 1 aliphatic heterocycles. The summed E-state index contributed by atoms with van der Waals surface area (Å²) < 4.78 is 16.2. The molecule has 0 spiro atoms. The molecule has 1 aromatic carbocycles. The van der Waals surface area contributed by atoms with Crippen LogP contribution in [0.2, 0.25) is 0 Å². The van der Waals surface area contributed by atoms with Gasteiger partial charge in [-0.15, -0.1) is 0 Å². The second-order valence-corrected chi connectivity index (χ2v) is 8.33. The van der Waals surface area contributed by atoms with Gasteiger partial charge in [-0.1, -0.05) is 12.1 Å². The minimum absolute atomic E-state index is 0.0202. The maximum atomic E-state index is 13.3. The number of carbonyl (C=O) groups excluding carboxylic acids is 2. The number of nitrogens with zero attached hydrogens (tertiary/aromatic N) is 1. The van der Waals surface area contributed by atoms with E-state index >= 15 is 0 Å². The van der Waals surface area contributed by atoms with E-state index in [2.05, 4.69) is 29.1 Å². The first-order valence-corrected chi connectivity index (χ1v) is 11.6. The largest absolute Gasteiger partial charge is 0.494 e. The molecule has 1 heterocycles. The van der Waals surface area contributed by atoms with E-state index in [0.29, 0.717) is 25.8 Å². The number of hydrogen-bond donors (Lipinski definition) is 1. The van der Waals surface area contributed by atoms with E-state index in [-0.39, 0.29) is 18.1 Å². The highest BCUT2D eigenvalue weighted by Crippen LogP contribution is 2.37. The number of benzene rings is 1. The van der Waals surface area contributed by atoms with Gasteiger partial charge in [-0.25, -0.2) is 4.79 Å². The van der Waals surface area contributed by atoms with Gasteiger partial charge in [-0.2, -0.15) is 0 Å². The molecule has 31 heavy (non-hydrogen) atoms. The number of carbonyl (C=O) groups is 2. The Morgan fingerprint density at radius 3 is 2.71 bits per heavy atom. The van der Waals surface area contributed by atoms with Crippen LogP contribution in [0.25, 0.3) is 0 Å². The smallest absolute Gasteiger partial charge is 0.406 e. The molecule has 0 unspecified atom stereocenters. The summed E-state index contributed by atoms with van der Waals surface area (Å²) in [7, 11) is 1.36. The molecule has 3 rings (SSSR count). The van der Waals surface area contributed by atoms with Crippen LogP contribution in [0.3, 0.4) is 0 Å². The van der Waals surface area contributed by atoms with E-state index in [4.69, 9.17) is 9.47 Å². The summed E-state index contributed by atoms with van der Waals surface area (Å²) in [5, 5.41) is 2.72. The van der Waals surface area contributed by atoms with Crippen molar-refractivity contribution in [1.82, 2.24) is 10.2 Å². The number of amides is 2. The van der Waals surface area contributed by atoms with Gasteiger partial charge in [0.15, 0.2) is 0 Å². The Kier molecular flexibility index (Phi) is 8.58. The van der Waals surface area contributed by atoms with Crippen molar-refractivity contribution >= 4 is 12.0 Å². The lowest BCUT2D eigenvalue weighted by atomic mass is 9.99. The molecule has 2 atom stereocenters. The molecule has 7 heteroatoms. The normalized spacial score (nSPS) is 19.4. The van der Waals surface area contributed by atoms with Crippen LogP contribution < -0.4 is 10.1 Å². The van der Waals surface area contributed by atoms with Crippen molar-refractivity contribution in [1.29, 1.82) is 0 Å². The van der Waals surface area contributed by atoms with Crippen LogP contribution in [0.15, 0.2) is 18.2 Å². The maximum Gasteiger partial charge on any atom is 0.406 e. The number of hydrogen-bond acceptors (Lipinski definition) is 5. The Hall–Kier alpha value is -2.28. The monoisotopic (exact) mass is 432 g/mol. The van der Waals surface area contributed by atoms with Crippen molar-refractivity contribution in [2.24, 2.45) is 0 Å². The third-order valence-electron chi connectivity index (χ3n) is 6.01. The Bertz CT molecular complexity index is 743. The molecule has 2 aliphatic rings. The summed E-state index contributed by atoms with van der Waals surface area (Å²) in [6, 6.07) is 6.51. The molecule has 2 fully saturated rings. The van der Waals surface area contributed by atoms with Crippen molar-refractivity contribution in [2.75, 3.05) is 26.9 Å². The minimum Gasteiger partial charge on any atom is -0.494 e. The number of methoxy groups -OCH3 is 1. The van der Waals surface area contributed by atoms with Gasteiger partial charge in [-0.05, 0) is 76.0 Å². The fraction of sp³-hybridized carbons (Fsp3) is 0.667. The molecule has 0 aromatic heterocycles. The zero-order chi connectivity index (χ0) is 22.2. The lowest BCUT2D eigenvalue weighted by Crippen LogP contribution is -2.44. The number of aryl methyl sites for hydroxylation is 1. The van der Waals surface area contributed by atoms with Crippen LogP contribution in [-0.2, 0) is 20.7 Å². The highest BCUT2D eigenvalue weighted by Gasteiger charge is 2.39. The van der Waals surface area contributed by atoms with E-state index in [1.165, 1.54) is 7.11 Å². The first-order chi connectivity index (χ1) is 15.0. The molecule has 1 aromatic rings. The molecule has 1 aliphatic carbocycles. The van der Waals surface area contributed by atoms with Gasteiger partial charge in [0.2, 0.25) is 0 Å². The van der Waals surface area contributed by atoms with Crippen molar-refractivity contribution in [3.63, 3.8) is 0 Å². The zero-order valence-corrected chi connectivity index (χ0v) is 19.0. The summed E-state index contributed by atoms with van der Waals surface area (Å²) in [6.07, 6.45) is 5.84. The van der Waals surface area contributed by atoms with Gasteiger partial charge in [0.25, 0.3) is 5.91 Å². The van der Waals surface area contributed by atoms with Gasteiger partial charge >= 0.3 is 6.09 Å². The molecule has 172 valence electrons. The van der Waals surface area contributed by atoms with Crippen LogP contribution in [0.4, 0.5) is 4.79 Å². The van der Waals surface area contributed by atoms with Crippen LogP contribution in [0.1, 0.15) is 69.5 Å². The minimum atomic E-state index is -0.420. The molecule has 2 amide bonds. The average Bonchev–Trinajstić information content (AvgIpc) is 3.63.